The zero-order valence-electron chi connectivity index (χ0n) is 11.2. The van der Waals surface area contributed by atoms with E-state index < -0.39 is 7.82 Å². The van der Waals surface area contributed by atoms with E-state index in [4.69, 9.17) is 23.6 Å². The van der Waals surface area contributed by atoms with Crippen molar-refractivity contribution < 1.29 is 22.9 Å². The number of anilines is 1. The Kier molecular flexibility index (Phi) is 5.02. The minimum atomic E-state index is -3.66. The molecule has 0 aliphatic carbocycles. The number of ether oxygens (including phenoxy) is 1. The van der Waals surface area contributed by atoms with E-state index in [1.807, 2.05) is 6.07 Å². The van der Waals surface area contributed by atoms with Crippen LogP contribution in [0.4, 0.5) is 5.00 Å². The summed E-state index contributed by atoms with van der Waals surface area (Å²) < 4.78 is 31.9. The van der Waals surface area contributed by atoms with Crippen molar-refractivity contribution in [3.8, 4) is 11.8 Å². The molecular weight excluding hydrogens is 303 g/mol. The number of phosphoric ester groups is 1. The van der Waals surface area contributed by atoms with E-state index in [0.29, 0.717) is 18.1 Å². The molecule has 1 aromatic heterocycles. The molecule has 1 aliphatic heterocycles. The Morgan fingerprint density at radius 3 is 2.60 bits per heavy atom. The Balaban J connectivity index is 2.23. The van der Waals surface area contributed by atoms with Gasteiger partial charge in [-0.05, 0) is 0 Å². The molecule has 0 amide bonds. The number of thiophene rings is 1. The van der Waals surface area contributed by atoms with E-state index in [2.05, 4.69) is 4.90 Å². The molecule has 2 rings (SSSR count). The minimum Gasteiger partial charge on any atom is -0.402 e. The van der Waals surface area contributed by atoms with Crippen molar-refractivity contribution in [1.29, 1.82) is 5.26 Å². The third kappa shape index (κ3) is 3.32. The second-order valence-corrected chi connectivity index (χ2v) is 6.73. The standard InChI is InChI=1S/C11H15N2O5PS/c1-15-19(14,16-2)18-9-7-11(20-10(9)8-12)13-3-5-17-6-4-13/h7H,3-6H2,1-2H3. The first-order valence-electron chi connectivity index (χ1n) is 5.89. The van der Waals surface area contributed by atoms with E-state index in [9.17, 15) is 4.57 Å². The number of hydrogen-bond donors (Lipinski definition) is 0. The predicted molar refractivity (Wildman–Crippen MR) is 74.3 cm³/mol. The normalized spacial score (nSPS) is 15.9. The lowest BCUT2D eigenvalue weighted by Gasteiger charge is -2.27. The van der Waals surface area contributed by atoms with E-state index >= 15 is 0 Å². The molecule has 0 atom stereocenters. The van der Waals surface area contributed by atoms with Gasteiger partial charge in [0.25, 0.3) is 0 Å². The lowest BCUT2D eigenvalue weighted by Crippen LogP contribution is -2.35. The van der Waals surface area contributed by atoms with Crippen LogP contribution in [-0.2, 0) is 18.3 Å². The van der Waals surface area contributed by atoms with Gasteiger partial charge in [0.1, 0.15) is 10.9 Å². The maximum atomic E-state index is 12.0. The molecule has 2 heterocycles. The third-order valence-corrected chi connectivity index (χ3v) is 5.16. The molecular formula is C11H15N2O5PS. The molecule has 9 heteroatoms. The molecule has 0 unspecified atom stereocenters. The quantitative estimate of drug-likeness (QED) is 0.770. The van der Waals surface area contributed by atoms with Crippen molar-refractivity contribution in [2.24, 2.45) is 0 Å². The molecule has 0 N–H and O–H groups in total. The van der Waals surface area contributed by atoms with Gasteiger partial charge in [-0.15, -0.1) is 11.3 Å². The average Bonchev–Trinajstić information content (AvgIpc) is 2.90. The topological polar surface area (TPSA) is 81.0 Å². The average molecular weight is 318 g/mol. The Hall–Kier alpha value is -1.10. The second kappa shape index (κ2) is 6.57. The van der Waals surface area contributed by atoms with Crippen LogP contribution in [-0.4, -0.2) is 40.5 Å². The van der Waals surface area contributed by atoms with Gasteiger partial charge in [0, 0.05) is 33.4 Å². The summed E-state index contributed by atoms with van der Waals surface area (Å²) in [5.74, 6) is 0.214. The van der Waals surface area contributed by atoms with E-state index in [0.717, 1.165) is 18.1 Å². The number of hydrogen-bond acceptors (Lipinski definition) is 8. The smallest absolute Gasteiger partial charge is 0.402 e. The minimum absolute atomic E-state index is 0.214. The molecule has 1 aromatic rings. The zero-order chi connectivity index (χ0) is 14.6. The van der Waals surface area contributed by atoms with Gasteiger partial charge in [0.15, 0.2) is 5.75 Å². The molecule has 0 bridgehead atoms. The molecule has 0 aromatic carbocycles. The van der Waals surface area contributed by atoms with Gasteiger partial charge in [0.05, 0.1) is 18.2 Å². The highest BCUT2D eigenvalue weighted by Crippen LogP contribution is 2.50. The second-order valence-electron chi connectivity index (χ2n) is 3.89. The fourth-order valence-electron chi connectivity index (χ4n) is 1.72. The summed E-state index contributed by atoms with van der Waals surface area (Å²) in [6.07, 6.45) is 0. The van der Waals surface area contributed by atoms with E-state index in [1.165, 1.54) is 25.6 Å². The van der Waals surface area contributed by atoms with Crippen LogP contribution in [0.2, 0.25) is 0 Å². The lowest BCUT2D eigenvalue weighted by molar-refractivity contribution is 0.123. The number of phosphoric acid groups is 1. The van der Waals surface area contributed by atoms with Crippen molar-refractivity contribution in [1.82, 2.24) is 0 Å². The Labute approximate surface area is 121 Å². The molecule has 110 valence electrons. The molecule has 1 saturated heterocycles. The van der Waals surface area contributed by atoms with Gasteiger partial charge >= 0.3 is 7.82 Å². The maximum absolute atomic E-state index is 12.0. The van der Waals surface area contributed by atoms with Gasteiger partial charge in [-0.3, -0.25) is 9.05 Å². The van der Waals surface area contributed by atoms with Gasteiger partial charge in [-0.2, -0.15) is 5.26 Å². The van der Waals surface area contributed by atoms with Crippen molar-refractivity contribution in [2.45, 2.75) is 0 Å². The van der Waals surface area contributed by atoms with Crippen molar-refractivity contribution in [3.63, 3.8) is 0 Å². The third-order valence-electron chi connectivity index (χ3n) is 2.77. The molecule has 20 heavy (non-hydrogen) atoms. The largest absolute Gasteiger partial charge is 0.529 e. The summed E-state index contributed by atoms with van der Waals surface area (Å²) in [6, 6.07) is 3.71. The summed E-state index contributed by atoms with van der Waals surface area (Å²) in [5, 5.41) is 10.0. The summed E-state index contributed by atoms with van der Waals surface area (Å²) in [5.41, 5.74) is 0. The van der Waals surface area contributed by atoms with Crippen LogP contribution in [0.3, 0.4) is 0 Å². The highest BCUT2D eigenvalue weighted by atomic mass is 32.1. The highest BCUT2D eigenvalue weighted by Gasteiger charge is 2.28. The molecule has 7 nitrogen and oxygen atoms in total. The van der Waals surface area contributed by atoms with Crippen molar-refractivity contribution in [3.05, 3.63) is 10.9 Å². The van der Waals surface area contributed by atoms with Gasteiger partial charge < -0.3 is 14.2 Å². The summed E-state index contributed by atoms with van der Waals surface area (Å²) >= 11 is 1.28. The van der Waals surface area contributed by atoms with Crippen molar-refractivity contribution >= 4 is 24.2 Å². The fraction of sp³-hybridized carbons (Fsp3) is 0.545. The van der Waals surface area contributed by atoms with Gasteiger partial charge in [-0.1, -0.05) is 0 Å². The lowest BCUT2D eigenvalue weighted by atomic mass is 10.4. The molecule has 0 saturated carbocycles. The first-order chi connectivity index (χ1) is 9.61. The SMILES string of the molecule is COP(=O)(OC)Oc1cc(N2CCOCC2)sc1C#N. The van der Waals surface area contributed by atoms with Crippen LogP contribution < -0.4 is 9.42 Å². The molecule has 1 fully saturated rings. The Morgan fingerprint density at radius 2 is 2.05 bits per heavy atom. The first kappa shape index (κ1) is 15.3. The zero-order valence-corrected chi connectivity index (χ0v) is 12.9. The van der Waals surface area contributed by atoms with Crippen LogP contribution in [0.15, 0.2) is 6.07 Å². The molecule has 1 aliphatic rings. The Morgan fingerprint density at radius 1 is 1.40 bits per heavy atom. The first-order valence-corrected chi connectivity index (χ1v) is 8.17. The Bertz CT molecular complexity index is 541. The van der Waals surface area contributed by atoms with Crippen LogP contribution >= 0.6 is 19.2 Å². The van der Waals surface area contributed by atoms with Gasteiger partial charge in [-0.25, -0.2) is 4.57 Å². The summed E-state index contributed by atoms with van der Waals surface area (Å²) in [7, 11) is -1.20. The number of rotatable bonds is 5. The summed E-state index contributed by atoms with van der Waals surface area (Å²) in [4.78, 5) is 2.42. The van der Waals surface area contributed by atoms with Crippen LogP contribution in [0, 0.1) is 11.3 Å². The predicted octanol–water partition coefficient (Wildman–Crippen LogP) is 2.24. The van der Waals surface area contributed by atoms with Crippen molar-refractivity contribution in [2.75, 3.05) is 45.4 Å². The van der Waals surface area contributed by atoms with E-state index in [1.54, 1.807) is 6.07 Å². The molecule has 0 spiro atoms. The summed E-state index contributed by atoms with van der Waals surface area (Å²) in [6.45, 7) is 2.78. The maximum Gasteiger partial charge on any atom is 0.529 e. The highest BCUT2D eigenvalue weighted by molar-refractivity contribution is 7.48. The van der Waals surface area contributed by atoms with Crippen LogP contribution in [0.1, 0.15) is 4.88 Å². The number of nitriles is 1. The van der Waals surface area contributed by atoms with Gasteiger partial charge in [0.2, 0.25) is 0 Å². The van der Waals surface area contributed by atoms with E-state index in [-0.39, 0.29) is 5.75 Å². The monoisotopic (exact) mass is 318 g/mol. The van der Waals surface area contributed by atoms with Crippen LogP contribution in [0.5, 0.6) is 5.75 Å². The number of nitrogens with zero attached hydrogens (tertiary/aromatic N) is 2. The van der Waals surface area contributed by atoms with Crippen LogP contribution in [0.25, 0.3) is 0 Å². The molecule has 0 radical (unpaired) electrons. The fourth-order valence-corrected chi connectivity index (χ4v) is 3.40. The number of morpholine rings is 1.